The minimum absolute atomic E-state index is 0. The summed E-state index contributed by atoms with van der Waals surface area (Å²) in [5, 5.41) is 8.40. The van der Waals surface area contributed by atoms with Gasteiger partial charge in [-0.25, -0.2) is 0 Å². The van der Waals surface area contributed by atoms with Gasteiger partial charge in [0, 0.05) is 0 Å². The molecule has 0 aliphatic rings. The first kappa shape index (κ1) is 28.7. The molecule has 0 aromatic rings. The van der Waals surface area contributed by atoms with Crippen molar-refractivity contribution in [3.05, 3.63) is 12.3 Å². The Kier molecular flexibility index (Phi) is 30.0. The summed E-state index contributed by atoms with van der Waals surface area (Å²) >= 11 is 0. The zero-order chi connectivity index (χ0) is 15.1. The van der Waals surface area contributed by atoms with Crippen LogP contribution in [0.25, 0.3) is 0 Å². The Hall–Kier alpha value is 1.95. The van der Waals surface area contributed by atoms with E-state index in [1.807, 2.05) is 6.08 Å². The molecule has 0 radical (unpaired) electrons. The third kappa shape index (κ3) is 24.2. The van der Waals surface area contributed by atoms with E-state index in [0.717, 1.165) is 12.8 Å². The summed E-state index contributed by atoms with van der Waals surface area (Å²) in [5.74, 6) is -1.47. The number of hydrogen-bond donors (Lipinski definition) is 1. The normalized spacial score (nSPS) is 9.86. The van der Waals surface area contributed by atoms with Crippen LogP contribution >= 0.6 is 0 Å². The van der Waals surface area contributed by atoms with Gasteiger partial charge in [-0.15, -0.1) is 0 Å². The average Bonchev–Trinajstić information content (AvgIpc) is 2.42. The van der Waals surface area contributed by atoms with Crippen LogP contribution in [0.2, 0.25) is 0 Å². The van der Waals surface area contributed by atoms with Crippen molar-refractivity contribution < 1.29 is 19.4 Å². The molecule has 0 unspecified atom stereocenters. The number of esters is 1. The van der Waals surface area contributed by atoms with Crippen LogP contribution in [-0.2, 0) is 14.3 Å². The molecule has 0 fully saturated rings. The van der Waals surface area contributed by atoms with Crippen LogP contribution in [0.15, 0.2) is 12.3 Å². The second-order valence-corrected chi connectivity index (χ2v) is 5.02. The maximum absolute atomic E-state index is 11.1. The summed E-state index contributed by atoms with van der Waals surface area (Å²) in [7, 11) is 0. The molecule has 0 spiro atoms. The Morgan fingerprint density at radius 2 is 1.45 bits per heavy atom. The quantitative estimate of drug-likeness (QED) is 0.236. The molecule has 0 aromatic carbocycles. The summed E-state index contributed by atoms with van der Waals surface area (Å²) in [5.41, 5.74) is 0. The van der Waals surface area contributed by atoms with E-state index >= 15 is 0 Å². The van der Waals surface area contributed by atoms with Crippen molar-refractivity contribution in [3.8, 4) is 0 Å². The number of aliphatic carboxylic acids is 1. The minimum atomic E-state index is -0.982. The van der Waals surface area contributed by atoms with E-state index in [2.05, 4.69) is 6.92 Å². The molecule has 22 heavy (non-hydrogen) atoms. The molecule has 0 saturated carbocycles. The predicted molar refractivity (Wildman–Crippen MR) is 93.6 cm³/mol. The topological polar surface area (TPSA) is 63.6 Å². The maximum atomic E-state index is 11.1. The first-order valence-electron chi connectivity index (χ1n) is 7.73. The number of carbonyl (C=O) groups is 2. The van der Waals surface area contributed by atoms with Gasteiger partial charge in [-0.2, -0.15) is 0 Å². The third-order valence-corrected chi connectivity index (χ3v) is 3.06. The molecule has 0 aromatic heterocycles. The van der Waals surface area contributed by atoms with Gasteiger partial charge in [0.15, 0.2) is 0 Å². The molecule has 0 saturated heterocycles. The van der Waals surface area contributed by atoms with Crippen molar-refractivity contribution in [1.29, 1.82) is 0 Å². The molecule has 120 valence electrons. The number of rotatable bonds is 13. The fraction of sp³-hybridized carbons (Fsp3) is 0.750. The summed E-state index contributed by atoms with van der Waals surface area (Å²) in [4.78, 5) is 21.3. The van der Waals surface area contributed by atoms with Crippen LogP contribution < -0.4 is 0 Å². The number of unbranched alkanes of at least 4 members (excludes halogenated alkanes) is 8. The number of ether oxygens (including phenoxy) is 1. The molecule has 0 heterocycles. The Labute approximate surface area is 220 Å². The first-order chi connectivity index (χ1) is 9.66. The van der Waals surface area contributed by atoms with Crippen LogP contribution in [0.3, 0.4) is 0 Å². The van der Waals surface area contributed by atoms with E-state index < -0.39 is 11.9 Å². The number of carboxylic acid groups (broad SMARTS) is 1. The van der Waals surface area contributed by atoms with E-state index in [1.165, 1.54) is 51.2 Å². The molecule has 0 rings (SSSR count). The summed E-state index contributed by atoms with van der Waals surface area (Å²) in [6.07, 6.45) is 14.1. The van der Waals surface area contributed by atoms with Gasteiger partial charge in [0.25, 0.3) is 0 Å². The van der Waals surface area contributed by atoms with Crippen molar-refractivity contribution in [2.45, 2.75) is 77.6 Å². The van der Waals surface area contributed by atoms with Gasteiger partial charge in [0.05, 0.1) is 19.1 Å². The van der Waals surface area contributed by atoms with E-state index in [4.69, 9.17) is 9.84 Å². The monoisotopic (exact) mass is 364 g/mol. The average molecular weight is 365 g/mol. The zero-order valence-electron chi connectivity index (χ0n) is 12.6. The fourth-order valence-corrected chi connectivity index (χ4v) is 1.86. The van der Waals surface area contributed by atoms with Crippen LogP contribution in [0.1, 0.15) is 77.6 Å². The fourth-order valence-electron chi connectivity index (χ4n) is 1.86. The SMILES string of the molecule is CCCCCCCCCC/C=C/OC(=O)CCC(=O)O.[KH].[KH]. The second kappa shape index (κ2) is 23.0. The number of carbonyl (C=O) groups excluding carboxylic acids is 1. The summed E-state index contributed by atoms with van der Waals surface area (Å²) < 4.78 is 4.78. The van der Waals surface area contributed by atoms with Gasteiger partial charge in [-0.05, 0) is 18.9 Å². The van der Waals surface area contributed by atoms with Gasteiger partial charge >= 0.3 is 115 Å². The molecule has 0 atom stereocenters. The van der Waals surface area contributed by atoms with Gasteiger partial charge in [-0.1, -0.05) is 51.9 Å². The number of hydrogen-bond acceptors (Lipinski definition) is 3. The molecule has 0 aliphatic carbocycles. The van der Waals surface area contributed by atoms with Crippen LogP contribution in [0, 0.1) is 0 Å². The van der Waals surface area contributed by atoms with Crippen molar-refractivity contribution in [2.24, 2.45) is 0 Å². The molecule has 6 heteroatoms. The predicted octanol–water partition coefficient (Wildman–Crippen LogP) is 3.14. The third-order valence-electron chi connectivity index (χ3n) is 3.06. The van der Waals surface area contributed by atoms with Crippen molar-refractivity contribution in [2.75, 3.05) is 0 Å². The van der Waals surface area contributed by atoms with Crippen molar-refractivity contribution in [3.63, 3.8) is 0 Å². The molecule has 0 amide bonds. The summed E-state index contributed by atoms with van der Waals surface area (Å²) in [6, 6.07) is 0. The number of allylic oxidation sites excluding steroid dienone is 1. The van der Waals surface area contributed by atoms with Gasteiger partial charge in [0.1, 0.15) is 0 Å². The first-order valence-corrected chi connectivity index (χ1v) is 7.73. The van der Waals surface area contributed by atoms with Gasteiger partial charge < -0.3 is 9.84 Å². The Morgan fingerprint density at radius 3 is 2.00 bits per heavy atom. The molecule has 0 bridgehead atoms. The van der Waals surface area contributed by atoms with Crippen LogP contribution in [0.4, 0.5) is 0 Å². The van der Waals surface area contributed by atoms with Crippen LogP contribution in [0.5, 0.6) is 0 Å². The van der Waals surface area contributed by atoms with Gasteiger partial charge in [0.2, 0.25) is 0 Å². The van der Waals surface area contributed by atoms with Crippen molar-refractivity contribution in [1.82, 2.24) is 0 Å². The number of carboxylic acids is 1. The van der Waals surface area contributed by atoms with E-state index in [0.29, 0.717) is 0 Å². The van der Waals surface area contributed by atoms with E-state index in [9.17, 15) is 9.59 Å². The van der Waals surface area contributed by atoms with Gasteiger partial charge in [-0.3, -0.25) is 9.59 Å². The summed E-state index contributed by atoms with van der Waals surface area (Å²) in [6.45, 7) is 2.22. The van der Waals surface area contributed by atoms with E-state index in [1.54, 1.807) is 0 Å². The molecule has 0 aliphatic heterocycles. The second-order valence-electron chi connectivity index (χ2n) is 5.02. The standard InChI is InChI=1S/C16H28O4.2K.2H/c1-2-3-4-5-6-7-8-9-10-11-14-20-16(19)13-12-15(17)18;;;;/h11,14H,2-10,12-13H2,1H3,(H,17,18);;;;/b14-11+;;;;. The van der Waals surface area contributed by atoms with E-state index in [-0.39, 0.29) is 116 Å². The van der Waals surface area contributed by atoms with Crippen molar-refractivity contribution >= 4 is 115 Å². The van der Waals surface area contributed by atoms with Crippen LogP contribution in [-0.4, -0.2) is 120 Å². The Bertz CT molecular complexity index is 294. The Morgan fingerprint density at radius 1 is 0.909 bits per heavy atom. The molecule has 1 N–H and O–H groups in total. The Balaban J connectivity index is -0.00000180. The zero-order valence-corrected chi connectivity index (χ0v) is 12.6. The molecule has 4 nitrogen and oxygen atoms in total. The molecular weight excluding hydrogens is 334 g/mol. The molecular formula is C16H30K2O4.